The Labute approximate surface area is 209 Å². The monoisotopic (exact) mass is 512 g/mol. The summed E-state index contributed by atoms with van der Waals surface area (Å²) in [5.41, 5.74) is 0.927. The fraction of sp³-hybridized carbons (Fsp3) is 0.200. The van der Waals surface area contributed by atoms with Crippen molar-refractivity contribution in [3.05, 3.63) is 72.1 Å². The number of fused-ring (bicyclic) bond motifs is 1. The van der Waals surface area contributed by atoms with Crippen molar-refractivity contribution in [3.8, 4) is 11.5 Å². The molecule has 2 aromatic heterocycles. The molecule has 4 rings (SSSR count). The standard InChI is InChI=1S/C25H23F3N6O3/c1-15(35)29-10-11-31-23(36)21-14-19(8-9-30-21)37-18-6-7-22-20(13-18)33-24(34(22)2)32-17-5-3-4-16(12-17)25(26,27)28/h3-9,12-14H,10-11H2,1-2H3,(H,29,35)(H,31,36)(H,32,33). The lowest BCUT2D eigenvalue weighted by atomic mass is 10.2. The summed E-state index contributed by atoms with van der Waals surface area (Å²) in [4.78, 5) is 31.8. The number of ether oxygens (including phenoxy) is 1. The number of nitrogens with one attached hydrogen (secondary N) is 3. The molecule has 192 valence electrons. The Balaban J connectivity index is 1.48. The highest BCUT2D eigenvalue weighted by atomic mass is 19.4. The lowest BCUT2D eigenvalue weighted by Crippen LogP contribution is -2.33. The van der Waals surface area contributed by atoms with Crippen LogP contribution in [0.25, 0.3) is 11.0 Å². The number of hydrogen-bond acceptors (Lipinski definition) is 6. The Hall–Kier alpha value is -4.61. The first kappa shape index (κ1) is 25.5. The summed E-state index contributed by atoms with van der Waals surface area (Å²) in [5.74, 6) is 0.570. The molecule has 2 aromatic carbocycles. The molecule has 12 heteroatoms. The fourth-order valence-corrected chi connectivity index (χ4v) is 3.50. The van der Waals surface area contributed by atoms with Gasteiger partial charge in [-0.3, -0.25) is 14.6 Å². The molecule has 37 heavy (non-hydrogen) atoms. The first-order valence-corrected chi connectivity index (χ1v) is 11.2. The van der Waals surface area contributed by atoms with Gasteiger partial charge in [0.1, 0.15) is 17.2 Å². The van der Waals surface area contributed by atoms with Gasteiger partial charge < -0.3 is 25.3 Å². The van der Waals surface area contributed by atoms with Crippen LogP contribution in [0.15, 0.2) is 60.8 Å². The first-order chi connectivity index (χ1) is 17.6. The predicted octanol–water partition coefficient (Wildman–Crippen LogP) is 4.39. The summed E-state index contributed by atoms with van der Waals surface area (Å²) in [6.45, 7) is 1.94. The Morgan fingerprint density at radius 1 is 1.00 bits per heavy atom. The lowest BCUT2D eigenvalue weighted by molar-refractivity contribution is -0.137. The zero-order valence-corrected chi connectivity index (χ0v) is 19.9. The number of hydrogen-bond donors (Lipinski definition) is 3. The minimum Gasteiger partial charge on any atom is -0.457 e. The third-order valence-corrected chi connectivity index (χ3v) is 5.28. The summed E-state index contributed by atoms with van der Waals surface area (Å²) < 4.78 is 46.7. The van der Waals surface area contributed by atoms with E-state index in [1.165, 1.54) is 31.3 Å². The van der Waals surface area contributed by atoms with Gasteiger partial charge in [-0.05, 0) is 36.4 Å². The lowest BCUT2D eigenvalue weighted by Gasteiger charge is -2.10. The van der Waals surface area contributed by atoms with Crippen molar-refractivity contribution in [2.24, 2.45) is 7.05 Å². The number of rotatable bonds is 8. The minimum atomic E-state index is -4.45. The van der Waals surface area contributed by atoms with Gasteiger partial charge in [-0.25, -0.2) is 4.98 Å². The van der Waals surface area contributed by atoms with E-state index in [-0.39, 0.29) is 23.8 Å². The number of aryl methyl sites for hydroxylation is 1. The van der Waals surface area contributed by atoms with Gasteiger partial charge in [0.25, 0.3) is 5.91 Å². The van der Waals surface area contributed by atoms with Crippen LogP contribution in [-0.4, -0.2) is 39.4 Å². The van der Waals surface area contributed by atoms with Gasteiger partial charge in [-0.1, -0.05) is 6.07 Å². The van der Waals surface area contributed by atoms with E-state index in [0.29, 0.717) is 29.5 Å². The Kier molecular flexibility index (Phi) is 7.27. The largest absolute Gasteiger partial charge is 0.457 e. The van der Waals surface area contributed by atoms with Crippen LogP contribution in [0, 0.1) is 0 Å². The minimum absolute atomic E-state index is 0.145. The number of pyridine rings is 1. The van der Waals surface area contributed by atoms with Gasteiger partial charge in [0.2, 0.25) is 11.9 Å². The highest BCUT2D eigenvalue weighted by Gasteiger charge is 2.30. The molecule has 0 saturated carbocycles. The number of halogens is 3. The maximum Gasteiger partial charge on any atom is 0.416 e. The van der Waals surface area contributed by atoms with E-state index in [2.05, 4.69) is 25.9 Å². The van der Waals surface area contributed by atoms with E-state index in [1.54, 1.807) is 35.9 Å². The number of amides is 2. The number of aromatic nitrogens is 3. The van der Waals surface area contributed by atoms with Crippen LogP contribution < -0.4 is 20.7 Å². The smallest absolute Gasteiger partial charge is 0.416 e. The molecule has 3 N–H and O–H groups in total. The van der Waals surface area contributed by atoms with Crippen molar-refractivity contribution in [3.63, 3.8) is 0 Å². The first-order valence-electron chi connectivity index (χ1n) is 11.2. The molecule has 0 unspecified atom stereocenters. The van der Waals surface area contributed by atoms with Crippen molar-refractivity contribution in [2.45, 2.75) is 13.1 Å². The number of nitrogens with zero attached hydrogens (tertiary/aromatic N) is 3. The molecule has 0 aliphatic carbocycles. The zero-order valence-electron chi connectivity index (χ0n) is 19.9. The van der Waals surface area contributed by atoms with E-state index in [4.69, 9.17) is 4.74 Å². The third-order valence-electron chi connectivity index (χ3n) is 5.28. The van der Waals surface area contributed by atoms with Crippen molar-refractivity contribution < 1.29 is 27.5 Å². The number of benzene rings is 2. The van der Waals surface area contributed by atoms with E-state index in [0.717, 1.165) is 17.6 Å². The van der Waals surface area contributed by atoms with Crippen molar-refractivity contribution in [1.82, 2.24) is 25.2 Å². The number of carbonyl (C=O) groups excluding carboxylic acids is 2. The van der Waals surface area contributed by atoms with Gasteiger partial charge >= 0.3 is 6.18 Å². The molecule has 0 spiro atoms. The summed E-state index contributed by atoms with van der Waals surface area (Å²) >= 11 is 0. The maximum absolute atomic E-state index is 13.0. The van der Waals surface area contributed by atoms with E-state index >= 15 is 0 Å². The van der Waals surface area contributed by atoms with E-state index < -0.39 is 17.6 Å². The van der Waals surface area contributed by atoms with Gasteiger partial charge in [-0.15, -0.1) is 0 Å². The zero-order chi connectivity index (χ0) is 26.6. The Bertz CT molecular complexity index is 1450. The third kappa shape index (κ3) is 6.34. The summed E-state index contributed by atoms with van der Waals surface area (Å²) in [6, 6.07) is 13.1. The number of imidazole rings is 1. The van der Waals surface area contributed by atoms with Crippen molar-refractivity contribution in [1.29, 1.82) is 0 Å². The highest BCUT2D eigenvalue weighted by Crippen LogP contribution is 2.32. The second kappa shape index (κ2) is 10.6. The Morgan fingerprint density at radius 2 is 1.76 bits per heavy atom. The number of carbonyl (C=O) groups is 2. The van der Waals surface area contributed by atoms with E-state index in [9.17, 15) is 22.8 Å². The van der Waals surface area contributed by atoms with Gasteiger partial charge in [-0.2, -0.15) is 13.2 Å². The van der Waals surface area contributed by atoms with Gasteiger partial charge in [0, 0.05) is 51.1 Å². The van der Waals surface area contributed by atoms with Crippen LogP contribution >= 0.6 is 0 Å². The van der Waals surface area contributed by atoms with Crippen LogP contribution in [0.4, 0.5) is 24.8 Å². The molecule has 0 aliphatic heterocycles. The second-order valence-corrected chi connectivity index (χ2v) is 8.07. The molecule has 0 atom stereocenters. The van der Waals surface area contributed by atoms with Gasteiger partial charge in [0.15, 0.2) is 0 Å². The molecule has 0 radical (unpaired) electrons. The number of anilines is 2. The van der Waals surface area contributed by atoms with Crippen molar-refractivity contribution in [2.75, 3.05) is 18.4 Å². The van der Waals surface area contributed by atoms with E-state index in [1.807, 2.05) is 0 Å². The summed E-state index contributed by atoms with van der Waals surface area (Å²) in [6.07, 6.45) is -3.01. The molecule has 2 amide bonds. The average Bonchev–Trinajstić information content (AvgIpc) is 3.15. The molecular formula is C25H23F3N6O3. The van der Waals surface area contributed by atoms with Crippen LogP contribution in [0.5, 0.6) is 11.5 Å². The molecule has 0 aliphatic rings. The topological polar surface area (TPSA) is 110 Å². The fourth-order valence-electron chi connectivity index (χ4n) is 3.50. The molecule has 0 saturated heterocycles. The Morgan fingerprint density at radius 3 is 2.51 bits per heavy atom. The van der Waals surface area contributed by atoms with Crippen LogP contribution in [0.3, 0.4) is 0 Å². The number of alkyl halides is 3. The highest BCUT2D eigenvalue weighted by molar-refractivity contribution is 5.92. The normalized spacial score (nSPS) is 11.3. The molecule has 0 fully saturated rings. The quantitative estimate of drug-likeness (QED) is 0.302. The van der Waals surface area contributed by atoms with Crippen LogP contribution in [0.1, 0.15) is 23.0 Å². The molecule has 2 heterocycles. The van der Waals surface area contributed by atoms with Crippen LogP contribution in [0.2, 0.25) is 0 Å². The molecule has 9 nitrogen and oxygen atoms in total. The molecular weight excluding hydrogens is 489 g/mol. The maximum atomic E-state index is 13.0. The SMILES string of the molecule is CC(=O)NCCNC(=O)c1cc(Oc2ccc3c(c2)nc(Nc2cccc(C(F)(F)F)c2)n3C)ccn1. The summed E-state index contributed by atoms with van der Waals surface area (Å²) in [5, 5.41) is 8.16. The predicted molar refractivity (Wildman–Crippen MR) is 131 cm³/mol. The summed E-state index contributed by atoms with van der Waals surface area (Å²) in [7, 11) is 1.74. The van der Waals surface area contributed by atoms with Crippen LogP contribution in [-0.2, 0) is 18.0 Å². The van der Waals surface area contributed by atoms with Gasteiger partial charge in [0.05, 0.1) is 16.6 Å². The molecule has 4 aromatic rings. The second-order valence-electron chi connectivity index (χ2n) is 8.07. The average molecular weight is 512 g/mol. The molecule has 0 bridgehead atoms. The van der Waals surface area contributed by atoms with Crippen molar-refractivity contribution >= 4 is 34.5 Å².